The van der Waals surface area contributed by atoms with Crippen LogP contribution < -0.4 is 5.01 Å². The van der Waals surface area contributed by atoms with Crippen molar-refractivity contribution < 1.29 is 4.79 Å². The Hall–Kier alpha value is -1.35. The fraction of sp³-hybridized carbons (Fsp3) is 0.429. The molecule has 3 rings (SSSR count). The van der Waals surface area contributed by atoms with Gasteiger partial charge in [-0.05, 0) is 43.5 Å². The van der Waals surface area contributed by atoms with Crippen LogP contribution in [0.4, 0.5) is 5.69 Å². The molecule has 0 saturated heterocycles. The van der Waals surface area contributed by atoms with E-state index in [2.05, 4.69) is 5.10 Å². The number of nitrogens with zero attached hydrogens (tertiary/aromatic N) is 2. The van der Waals surface area contributed by atoms with E-state index in [4.69, 9.17) is 11.6 Å². The van der Waals surface area contributed by atoms with E-state index in [1.165, 1.54) is 23.6 Å². The van der Waals surface area contributed by atoms with Crippen LogP contribution in [0.1, 0.15) is 32.1 Å². The maximum Gasteiger partial charge on any atom is 0.248 e. The molecule has 1 fully saturated rings. The van der Waals surface area contributed by atoms with E-state index in [-0.39, 0.29) is 5.91 Å². The Labute approximate surface area is 111 Å². The van der Waals surface area contributed by atoms with E-state index < -0.39 is 0 Å². The molecule has 1 aliphatic heterocycles. The van der Waals surface area contributed by atoms with E-state index >= 15 is 0 Å². The molecule has 0 N–H and O–H groups in total. The smallest absolute Gasteiger partial charge is 0.248 e. The van der Waals surface area contributed by atoms with Crippen LogP contribution in [0.25, 0.3) is 0 Å². The second-order valence-corrected chi connectivity index (χ2v) is 5.36. The number of fused-ring (bicyclic) bond motifs is 1. The molecule has 1 aromatic rings. The van der Waals surface area contributed by atoms with Crippen molar-refractivity contribution in [2.45, 2.75) is 32.1 Å². The van der Waals surface area contributed by atoms with Crippen LogP contribution in [0.15, 0.2) is 29.4 Å². The van der Waals surface area contributed by atoms with Crippen LogP contribution in [0.5, 0.6) is 0 Å². The molecule has 1 aliphatic carbocycles. The fourth-order valence-electron chi connectivity index (χ4n) is 2.68. The molecular formula is C14H15ClN2O. The molecule has 3 nitrogen and oxygen atoms in total. The Morgan fingerprint density at radius 2 is 2.00 bits per heavy atom. The first-order chi connectivity index (χ1) is 8.74. The SMILES string of the molecule is O=C1C[C@H]2CCCCC2=NN1c1ccc(Cl)cc1. The van der Waals surface area contributed by atoms with Gasteiger partial charge in [-0.25, -0.2) is 5.01 Å². The number of rotatable bonds is 1. The van der Waals surface area contributed by atoms with Gasteiger partial charge in [0.25, 0.3) is 0 Å². The van der Waals surface area contributed by atoms with Gasteiger partial charge in [-0.2, -0.15) is 5.10 Å². The number of amides is 1. The number of benzene rings is 1. The summed E-state index contributed by atoms with van der Waals surface area (Å²) in [5.74, 6) is 0.475. The predicted octanol–water partition coefficient (Wildman–Crippen LogP) is 3.62. The molecule has 0 bridgehead atoms. The number of hydrogen-bond donors (Lipinski definition) is 0. The standard InChI is InChI=1S/C14H15ClN2O/c15-11-5-7-12(8-6-11)17-14(18)9-10-3-1-2-4-13(10)16-17/h5-8,10H,1-4,9H2/t10-/m1/s1. The molecule has 1 aromatic carbocycles. The molecule has 1 atom stereocenters. The lowest BCUT2D eigenvalue weighted by molar-refractivity contribution is -0.119. The fourth-order valence-corrected chi connectivity index (χ4v) is 2.81. The lowest BCUT2D eigenvalue weighted by atomic mass is 9.84. The Morgan fingerprint density at radius 1 is 1.22 bits per heavy atom. The van der Waals surface area contributed by atoms with Crippen molar-refractivity contribution in [1.29, 1.82) is 0 Å². The summed E-state index contributed by atoms with van der Waals surface area (Å²) >= 11 is 5.86. The van der Waals surface area contributed by atoms with E-state index in [0.717, 1.165) is 18.5 Å². The molecule has 0 aromatic heterocycles. The van der Waals surface area contributed by atoms with Crippen LogP contribution in [-0.4, -0.2) is 11.6 Å². The minimum atomic E-state index is 0.0907. The highest BCUT2D eigenvalue weighted by Gasteiger charge is 2.31. The van der Waals surface area contributed by atoms with E-state index in [9.17, 15) is 4.79 Å². The van der Waals surface area contributed by atoms with Crippen molar-refractivity contribution in [3.8, 4) is 0 Å². The van der Waals surface area contributed by atoms with E-state index in [0.29, 0.717) is 17.4 Å². The van der Waals surface area contributed by atoms with E-state index in [1.54, 1.807) is 12.1 Å². The second kappa shape index (κ2) is 4.73. The molecule has 94 valence electrons. The first kappa shape index (κ1) is 11.7. The maximum absolute atomic E-state index is 12.1. The minimum absolute atomic E-state index is 0.0907. The van der Waals surface area contributed by atoms with Crippen molar-refractivity contribution >= 4 is 28.9 Å². The zero-order chi connectivity index (χ0) is 12.5. The molecular weight excluding hydrogens is 248 g/mol. The number of hydrogen-bond acceptors (Lipinski definition) is 2. The van der Waals surface area contributed by atoms with Gasteiger partial charge < -0.3 is 0 Å². The summed E-state index contributed by atoms with van der Waals surface area (Å²) in [5, 5.41) is 6.75. The zero-order valence-corrected chi connectivity index (χ0v) is 10.9. The molecule has 0 radical (unpaired) electrons. The third kappa shape index (κ3) is 2.15. The molecule has 18 heavy (non-hydrogen) atoms. The lowest BCUT2D eigenvalue weighted by Crippen LogP contribution is -2.38. The molecule has 1 amide bonds. The van der Waals surface area contributed by atoms with Crippen molar-refractivity contribution in [1.82, 2.24) is 0 Å². The largest absolute Gasteiger partial charge is 0.273 e. The number of anilines is 1. The molecule has 0 unspecified atom stereocenters. The summed E-state index contributed by atoms with van der Waals surface area (Å²) in [6.07, 6.45) is 5.15. The quantitative estimate of drug-likeness (QED) is 0.761. The van der Waals surface area contributed by atoms with Crippen LogP contribution in [0.2, 0.25) is 5.02 Å². The van der Waals surface area contributed by atoms with Crippen molar-refractivity contribution in [3.63, 3.8) is 0 Å². The van der Waals surface area contributed by atoms with E-state index in [1.807, 2.05) is 12.1 Å². The van der Waals surface area contributed by atoms with Crippen molar-refractivity contribution in [2.75, 3.05) is 5.01 Å². The summed E-state index contributed by atoms with van der Waals surface area (Å²) in [4.78, 5) is 12.1. The van der Waals surface area contributed by atoms with Gasteiger partial charge in [-0.3, -0.25) is 4.79 Å². The summed E-state index contributed by atoms with van der Waals surface area (Å²) in [6.45, 7) is 0. The highest BCUT2D eigenvalue weighted by molar-refractivity contribution is 6.30. The number of carbonyl (C=O) groups is 1. The van der Waals surface area contributed by atoms with Gasteiger partial charge in [0.05, 0.1) is 5.69 Å². The highest BCUT2D eigenvalue weighted by atomic mass is 35.5. The van der Waals surface area contributed by atoms with Crippen LogP contribution in [0, 0.1) is 5.92 Å². The van der Waals surface area contributed by atoms with Gasteiger partial charge >= 0.3 is 0 Å². The second-order valence-electron chi connectivity index (χ2n) is 4.92. The molecule has 0 spiro atoms. The van der Waals surface area contributed by atoms with Gasteiger partial charge in [0, 0.05) is 23.1 Å². The minimum Gasteiger partial charge on any atom is -0.273 e. The van der Waals surface area contributed by atoms with Gasteiger partial charge in [-0.15, -0.1) is 0 Å². The maximum atomic E-state index is 12.1. The number of hydrazone groups is 1. The summed E-state index contributed by atoms with van der Waals surface area (Å²) in [6, 6.07) is 7.26. The monoisotopic (exact) mass is 262 g/mol. The van der Waals surface area contributed by atoms with Crippen molar-refractivity contribution in [2.24, 2.45) is 11.0 Å². The van der Waals surface area contributed by atoms with Crippen LogP contribution >= 0.6 is 11.6 Å². The molecule has 4 heteroatoms. The summed E-state index contributed by atoms with van der Waals surface area (Å²) in [7, 11) is 0. The Kier molecular flexibility index (Phi) is 3.08. The highest BCUT2D eigenvalue weighted by Crippen LogP contribution is 2.31. The van der Waals surface area contributed by atoms with Crippen molar-refractivity contribution in [3.05, 3.63) is 29.3 Å². The van der Waals surface area contributed by atoms with Crippen LogP contribution in [0.3, 0.4) is 0 Å². The number of halogens is 1. The molecule has 1 heterocycles. The summed E-state index contributed by atoms with van der Waals surface area (Å²) < 4.78 is 0. The van der Waals surface area contributed by atoms with Gasteiger partial charge in [0.2, 0.25) is 5.91 Å². The first-order valence-corrected chi connectivity index (χ1v) is 6.78. The average Bonchev–Trinajstić information content (AvgIpc) is 2.39. The van der Waals surface area contributed by atoms with Gasteiger partial charge in [-0.1, -0.05) is 18.0 Å². The normalized spacial score (nSPS) is 23.6. The summed E-state index contributed by atoms with van der Waals surface area (Å²) in [5.41, 5.74) is 2.00. The van der Waals surface area contributed by atoms with Gasteiger partial charge in [0.1, 0.15) is 0 Å². The lowest BCUT2D eigenvalue weighted by Gasteiger charge is -2.32. The zero-order valence-electron chi connectivity index (χ0n) is 10.1. The van der Waals surface area contributed by atoms with Gasteiger partial charge in [0.15, 0.2) is 0 Å². The molecule has 1 saturated carbocycles. The number of carbonyl (C=O) groups excluding carboxylic acids is 1. The Balaban J connectivity index is 1.91. The molecule has 2 aliphatic rings. The third-order valence-electron chi connectivity index (χ3n) is 3.66. The van der Waals surface area contributed by atoms with Crippen LogP contribution in [-0.2, 0) is 4.79 Å². The Morgan fingerprint density at radius 3 is 2.78 bits per heavy atom. The Bertz CT molecular complexity index is 495. The predicted molar refractivity (Wildman–Crippen MR) is 72.9 cm³/mol. The average molecular weight is 263 g/mol. The third-order valence-corrected chi connectivity index (χ3v) is 3.92. The topological polar surface area (TPSA) is 32.7 Å². The first-order valence-electron chi connectivity index (χ1n) is 6.40.